The number of fused-ring (bicyclic) bond motifs is 5. The predicted octanol–water partition coefficient (Wildman–Crippen LogP) is 1.42. The van der Waals surface area contributed by atoms with Gasteiger partial charge in [0.2, 0.25) is 11.8 Å². The van der Waals surface area contributed by atoms with Crippen LogP contribution in [0.5, 0.6) is 0 Å². The molecule has 0 spiro atoms. The van der Waals surface area contributed by atoms with Gasteiger partial charge in [0.15, 0.2) is 6.61 Å². The van der Waals surface area contributed by atoms with Crippen molar-refractivity contribution in [1.82, 2.24) is 4.90 Å². The van der Waals surface area contributed by atoms with Crippen LogP contribution in [-0.2, 0) is 23.9 Å². The second-order valence-electron chi connectivity index (χ2n) is 8.11. The number of likely N-dealkylation sites (tertiary alicyclic amines) is 1. The molecule has 0 unspecified atom stereocenters. The van der Waals surface area contributed by atoms with Crippen molar-refractivity contribution in [3.05, 3.63) is 33.9 Å². The van der Waals surface area contributed by atoms with Crippen molar-refractivity contribution >= 4 is 35.1 Å². The lowest BCUT2D eigenvalue weighted by Crippen LogP contribution is -2.38. The van der Waals surface area contributed by atoms with Gasteiger partial charge in [0.1, 0.15) is 6.54 Å². The fourth-order valence-corrected chi connectivity index (χ4v) is 5.03. The Morgan fingerprint density at radius 3 is 2.43 bits per heavy atom. The fourth-order valence-electron chi connectivity index (χ4n) is 5.03. The van der Waals surface area contributed by atoms with Crippen molar-refractivity contribution in [2.45, 2.75) is 26.2 Å². The van der Waals surface area contributed by atoms with Gasteiger partial charge in [0, 0.05) is 17.3 Å². The quantitative estimate of drug-likeness (QED) is 0.321. The van der Waals surface area contributed by atoms with E-state index in [1.54, 1.807) is 6.92 Å². The molecule has 3 aliphatic rings. The topological polar surface area (TPSA) is 136 Å². The Hall–Kier alpha value is -3.30. The van der Waals surface area contributed by atoms with Gasteiger partial charge in [-0.15, -0.1) is 0 Å². The molecule has 1 aromatic carbocycles. The van der Waals surface area contributed by atoms with Gasteiger partial charge in [-0.1, -0.05) is 6.07 Å². The van der Waals surface area contributed by atoms with Crippen molar-refractivity contribution < 1.29 is 28.8 Å². The number of nitrogens with one attached hydrogen (secondary N) is 1. The molecule has 30 heavy (non-hydrogen) atoms. The number of hydrogen-bond donors (Lipinski definition) is 1. The standard InChI is InChI=1S/C20H21N3O7/c1-10-2-5-13(7-14(10)23(28)29)21-15(24)9-30-16(25)8-22-19(26)17-11-3-4-12(6-11)18(17)20(22)27/h2,5,7,11-12,17-18H,3-4,6,8-9H2,1H3,(H,21,24)/t11-,12-,17-,18+/m0/s1. The van der Waals surface area contributed by atoms with Crippen molar-refractivity contribution in [3.63, 3.8) is 0 Å². The van der Waals surface area contributed by atoms with Gasteiger partial charge >= 0.3 is 5.97 Å². The first-order valence-corrected chi connectivity index (χ1v) is 9.82. The lowest BCUT2D eigenvalue weighted by molar-refractivity contribution is -0.385. The Labute approximate surface area is 171 Å². The third kappa shape index (κ3) is 3.42. The van der Waals surface area contributed by atoms with E-state index < -0.39 is 30.0 Å². The molecule has 1 heterocycles. The molecule has 3 amide bonds. The number of hydrogen-bond acceptors (Lipinski definition) is 7. The van der Waals surface area contributed by atoms with Gasteiger partial charge in [-0.25, -0.2) is 0 Å². The molecule has 0 aromatic heterocycles. The number of nitro benzene ring substituents is 1. The summed E-state index contributed by atoms with van der Waals surface area (Å²) in [7, 11) is 0. The molecule has 2 saturated carbocycles. The molecular weight excluding hydrogens is 394 g/mol. The summed E-state index contributed by atoms with van der Waals surface area (Å²) in [4.78, 5) is 60.6. The maximum atomic E-state index is 12.6. The molecule has 10 nitrogen and oxygen atoms in total. The molecular formula is C20H21N3O7. The highest BCUT2D eigenvalue weighted by Crippen LogP contribution is 2.56. The number of ether oxygens (including phenoxy) is 1. The van der Waals surface area contributed by atoms with E-state index in [4.69, 9.17) is 4.74 Å². The Morgan fingerprint density at radius 1 is 1.20 bits per heavy atom. The predicted molar refractivity (Wildman–Crippen MR) is 102 cm³/mol. The summed E-state index contributed by atoms with van der Waals surface area (Å²) in [6.07, 6.45) is 2.80. The maximum Gasteiger partial charge on any atom is 0.326 e. The summed E-state index contributed by atoms with van der Waals surface area (Å²) in [5.74, 6) is -2.35. The highest BCUT2D eigenvalue weighted by molar-refractivity contribution is 6.08. The monoisotopic (exact) mass is 415 g/mol. The van der Waals surface area contributed by atoms with Crippen LogP contribution in [0.3, 0.4) is 0 Å². The molecule has 1 aromatic rings. The van der Waals surface area contributed by atoms with Crippen LogP contribution in [0, 0.1) is 40.7 Å². The van der Waals surface area contributed by atoms with E-state index in [0.29, 0.717) is 5.56 Å². The summed E-state index contributed by atoms with van der Waals surface area (Å²) in [6.45, 7) is 0.439. The van der Waals surface area contributed by atoms with E-state index in [9.17, 15) is 29.3 Å². The minimum absolute atomic E-state index is 0.143. The number of anilines is 1. The SMILES string of the molecule is Cc1ccc(NC(=O)COC(=O)CN2C(=O)[C@@H]3[C@H]4CC[C@@H](C4)[C@@H]3C2=O)cc1[N+](=O)[O-]. The molecule has 4 atom stereocenters. The molecule has 1 aliphatic heterocycles. The number of benzene rings is 1. The number of carbonyl (C=O) groups excluding carboxylic acids is 4. The zero-order chi connectivity index (χ0) is 21.6. The Kier molecular flexibility index (Phi) is 5.00. The lowest BCUT2D eigenvalue weighted by Gasteiger charge is -2.19. The first-order chi connectivity index (χ1) is 14.3. The Balaban J connectivity index is 1.30. The van der Waals surface area contributed by atoms with E-state index in [-0.39, 0.29) is 46.9 Å². The summed E-state index contributed by atoms with van der Waals surface area (Å²) in [5, 5.41) is 13.4. The second kappa shape index (κ2) is 7.51. The van der Waals surface area contributed by atoms with Crippen LogP contribution >= 0.6 is 0 Å². The van der Waals surface area contributed by atoms with Crippen molar-refractivity contribution in [3.8, 4) is 0 Å². The first-order valence-electron chi connectivity index (χ1n) is 9.82. The van der Waals surface area contributed by atoms with Crippen LogP contribution in [0.2, 0.25) is 0 Å². The van der Waals surface area contributed by atoms with Gasteiger partial charge in [-0.05, 0) is 44.1 Å². The van der Waals surface area contributed by atoms with Gasteiger partial charge < -0.3 is 10.1 Å². The molecule has 0 radical (unpaired) electrons. The Morgan fingerprint density at radius 2 is 1.83 bits per heavy atom. The second-order valence-corrected chi connectivity index (χ2v) is 8.11. The van der Waals surface area contributed by atoms with Crippen molar-refractivity contribution in [2.75, 3.05) is 18.5 Å². The molecule has 2 aliphatic carbocycles. The largest absolute Gasteiger partial charge is 0.454 e. The van der Waals surface area contributed by atoms with E-state index >= 15 is 0 Å². The summed E-state index contributed by atoms with van der Waals surface area (Å²) < 4.78 is 4.90. The van der Waals surface area contributed by atoms with Crippen molar-refractivity contribution in [2.24, 2.45) is 23.7 Å². The van der Waals surface area contributed by atoms with Crippen molar-refractivity contribution in [1.29, 1.82) is 0 Å². The number of nitrogens with zero attached hydrogens (tertiary/aromatic N) is 2. The van der Waals surface area contributed by atoms with E-state index in [2.05, 4.69) is 5.32 Å². The minimum atomic E-state index is -0.853. The van der Waals surface area contributed by atoms with Gasteiger partial charge in [-0.3, -0.25) is 34.2 Å². The van der Waals surface area contributed by atoms with Crippen LogP contribution in [0.15, 0.2) is 18.2 Å². The number of rotatable bonds is 6. The van der Waals surface area contributed by atoms with Crippen LogP contribution in [0.1, 0.15) is 24.8 Å². The minimum Gasteiger partial charge on any atom is -0.454 e. The van der Waals surface area contributed by atoms with Gasteiger partial charge in [-0.2, -0.15) is 0 Å². The molecule has 4 rings (SSSR count). The third-order valence-electron chi connectivity index (χ3n) is 6.36. The average Bonchev–Trinajstić information content (AvgIpc) is 3.38. The van der Waals surface area contributed by atoms with Gasteiger partial charge in [0.05, 0.1) is 16.8 Å². The third-order valence-corrected chi connectivity index (χ3v) is 6.36. The van der Waals surface area contributed by atoms with Gasteiger partial charge in [0.25, 0.3) is 11.6 Å². The average molecular weight is 415 g/mol. The zero-order valence-corrected chi connectivity index (χ0v) is 16.3. The van der Waals surface area contributed by atoms with Crippen LogP contribution in [-0.4, -0.2) is 46.7 Å². The highest BCUT2D eigenvalue weighted by Gasteiger charge is 2.61. The fraction of sp³-hybridized carbons (Fsp3) is 0.500. The van der Waals surface area contributed by atoms with Crippen LogP contribution < -0.4 is 5.32 Å². The molecule has 1 saturated heterocycles. The summed E-state index contributed by atoms with van der Waals surface area (Å²) >= 11 is 0. The Bertz CT molecular complexity index is 932. The highest BCUT2D eigenvalue weighted by atomic mass is 16.6. The number of imide groups is 1. The lowest BCUT2D eigenvalue weighted by atomic mass is 9.81. The van der Waals surface area contributed by atoms with E-state index in [1.165, 1.54) is 18.2 Å². The molecule has 3 fully saturated rings. The normalized spacial score (nSPS) is 26.6. The molecule has 10 heteroatoms. The number of esters is 1. The maximum absolute atomic E-state index is 12.6. The summed E-state index contributed by atoms with van der Waals surface area (Å²) in [5.41, 5.74) is 0.500. The number of nitro groups is 1. The van der Waals surface area contributed by atoms with E-state index in [1.807, 2.05) is 0 Å². The molecule has 1 N–H and O–H groups in total. The van der Waals surface area contributed by atoms with Crippen LogP contribution in [0.4, 0.5) is 11.4 Å². The number of aryl methyl sites for hydroxylation is 1. The number of amides is 3. The van der Waals surface area contributed by atoms with E-state index in [0.717, 1.165) is 24.2 Å². The van der Waals surface area contributed by atoms with Crippen LogP contribution in [0.25, 0.3) is 0 Å². The summed E-state index contributed by atoms with van der Waals surface area (Å²) in [6, 6.07) is 4.20. The number of carbonyl (C=O) groups is 4. The smallest absolute Gasteiger partial charge is 0.326 e. The molecule has 2 bridgehead atoms. The first kappa shape index (κ1) is 20.0. The molecule has 158 valence electrons. The zero-order valence-electron chi connectivity index (χ0n) is 16.3.